The Morgan fingerprint density at radius 1 is 1.00 bits per heavy atom. The molecule has 7 nitrogen and oxygen atoms in total. The van der Waals surface area contributed by atoms with Gasteiger partial charge in [0.05, 0.1) is 16.0 Å². The molecule has 3 aromatic rings. The van der Waals surface area contributed by atoms with Crippen molar-refractivity contribution in [2.24, 2.45) is 0 Å². The molecule has 32 heavy (non-hydrogen) atoms. The zero-order chi connectivity index (χ0) is 23.4. The van der Waals surface area contributed by atoms with Gasteiger partial charge in [0.2, 0.25) is 10.0 Å². The summed E-state index contributed by atoms with van der Waals surface area (Å²) in [6, 6.07) is 9.27. The van der Waals surface area contributed by atoms with E-state index >= 15 is 0 Å². The van der Waals surface area contributed by atoms with E-state index in [1.54, 1.807) is 12.1 Å². The Morgan fingerprint density at radius 2 is 1.69 bits per heavy atom. The second-order valence-corrected chi connectivity index (χ2v) is 8.79. The summed E-state index contributed by atoms with van der Waals surface area (Å²) in [6.45, 7) is 6.63. The third kappa shape index (κ3) is 5.72. The number of rotatable bonds is 9. The summed E-state index contributed by atoms with van der Waals surface area (Å²) in [4.78, 5) is 10.2. The number of sulfonamides is 1. The van der Waals surface area contributed by atoms with Crippen molar-refractivity contribution < 1.29 is 21.6 Å². The Balaban J connectivity index is 1.74. The minimum Gasteiger partial charge on any atom is -0.340 e. The Hall–Kier alpha value is -2.76. The van der Waals surface area contributed by atoms with Crippen molar-refractivity contribution >= 4 is 32.4 Å². The van der Waals surface area contributed by atoms with E-state index in [2.05, 4.69) is 24.9 Å². The first kappa shape index (κ1) is 23.9. The second-order valence-electron chi connectivity index (χ2n) is 7.03. The Bertz CT molecular complexity index is 1160. The van der Waals surface area contributed by atoms with Crippen LogP contribution in [0, 0.1) is 0 Å². The standard InChI is InChI=1S/C21H24F3N5O2S/c1-3-29(4-2)12-11-27-32(30,31)17-8-6-16(7-9-17)28-20-18-10-5-15(21(22,23)24)13-19(18)25-14-26-20/h5-10,13-14,27H,3-4,11-12H2,1-2H3,(H,25,26,28). The zero-order valence-electron chi connectivity index (χ0n) is 17.6. The van der Waals surface area contributed by atoms with E-state index in [1.165, 1.54) is 24.5 Å². The minimum atomic E-state index is -4.46. The molecule has 0 aliphatic heterocycles. The van der Waals surface area contributed by atoms with Gasteiger partial charge in [-0.15, -0.1) is 0 Å². The van der Waals surface area contributed by atoms with Crippen LogP contribution in [-0.2, 0) is 16.2 Å². The number of alkyl halides is 3. The molecule has 0 fully saturated rings. The lowest BCUT2D eigenvalue weighted by Gasteiger charge is -2.18. The lowest BCUT2D eigenvalue weighted by atomic mass is 10.1. The molecule has 172 valence electrons. The largest absolute Gasteiger partial charge is 0.416 e. The average molecular weight is 468 g/mol. The van der Waals surface area contributed by atoms with Crippen LogP contribution in [0.3, 0.4) is 0 Å². The van der Waals surface area contributed by atoms with Crippen molar-refractivity contribution in [2.75, 3.05) is 31.5 Å². The fraction of sp³-hybridized carbons (Fsp3) is 0.333. The molecule has 2 aromatic carbocycles. The van der Waals surface area contributed by atoms with Crippen LogP contribution in [0.25, 0.3) is 10.9 Å². The molecule has 0 saturated carbocycles. The summed E-state index contributed by atoms with van der Waals surface area (Å²) >= 11 is 0. The highest BCUT2D eigenvalue weighted by atomic mass is 32.2. The van der Waals surface area contributed by atoms with E-state index < -0.39 is 21.8 Å². The third-order valence-corrected chi connectivity index (χ3v) is 6.48. The van der Waals surface area contributed by atoms with E-state index in [9.17, 15) is 21.6 Å². The second kappa shape index (κ2) is 9.80. The number of hydrogen-bond donors (Lipinski definition) is 2. The number of nitrogens with zero attached hydrogens (tertiary/aromatic N) is 3. The van der Waals surface area contributed by atoms with Crippen molar-refractivity contribution in [1.29, 1.82) is 0 Å². The molecule has 0 atom stereocenters. The van der Waals surface area contributed by atoms with Gasteiger partial charge in [-0.25, -0.2) is 23.1 Å². The summed E-state index contributed by atoms with van der Waals surface area (Å²) in [5.41, 5.74) is -0.112. The van der Waals surface area contributed by atoms with Crippen LogP contribution in [0.1, 0.15) is 19.4 Å². The molecular weight excluding hydrogens is 443 g/mol. The number of likely N-dealkylation sites (N-methyl/N-ethyl adjacent to an activating group) is 1. The van der Waals surface area contributed by atoms with Gasteiger partial charge in [-0.05, 0) is 55.6 Å². The predicted octanol–water partition coefficient (Wildman–Crippen LogP) is 4.01. The van der Waals surface area contributed by atoms with Gasteiger partial charge < -0.3 is 10.2 Å². The first-order valence-corrected chi connectivity index (χ1v) is 11.5. The highest BCUT2D eigenvalue weighted by Crippen LogP contribution is 2.32. The van der Waals surface area contributed by atoms with Crippen molar-refractivity contribution in [1.82, 2.24) is 19.6 Å². The summed E-state index contributed by atoms with van der Waals surface area (Å²) in [5.74, 6) is 0.316. The van der Waals surface area contributed by atoms with Gasteiger partial charge in [0.1, 0.15) is 12.1 Å². The number of halogens is 3. The summed E-state index contributed by atoms with van der Waals surface area (Å²) in [5, 5.41) is 3.42. The molecule has 3 rings (SSSR count). The van der Waals surface area contributed by atoms with Crippen LogP contribution in [0.2, 0.25) is 0 Å². The zero-order valence-corrected chi connectivity index (χ0v) is 18.5. The normalized spacial score (nSPS) is 12.4. The number of benzene rings is 2. The minimum absolute atomic E-state index is 0.116. The quantitative estimate of drug-likeness (QED) is 0.495. The van der Waals surface area contributed by atoms with Gasteiger partial charge >= 0.3 is 6.18 Å². The molecule has 0 unspecified atom stereocenters. The molecule has 0 spiro atoms. The van der Waals surface area contributed by atoms with Crippen LogP contribution < -0.4 is 10.0 Å². The van der Waals surface area contributed by atoms with Gasteiger partial charge in [-0.1, -0.05) is 13.8 Å². The predicted molar refractivity (Wildman–Crippen MR) is 117 cm³/mol. The van der Waals surface area contributed by atoms with Gasteiger partial charge in [0, 0.05) is 24.2 Å². The van der Waals surface area contributed by atoms with Crippen LogP contribution in [0.5, 0.6) is 0 Å². The van der Waals surface area contributed by atoms with Crippen molar-refractivity contribution in [3.05, 3.63) is 54.4 Å². The maximum atomic E-state index is 12.9. The van der Waals surface area contributed by atoms with E-state index in [-0.39, 0.29) is 10.4 Å². The third-order valence-electron chi connectivity index (χ3n) is 5.01. The van der Waals surface area contributed by atoms with Crippen LogP contribution in [0.4, 0.5) is 24.7 Å². The van der Waals surface area contributed by atoms with Gasteiger partial charge in [0.25, 0.3) is 0 Å². The lowest BCUT2D eigenvalue weighted by molar-refractivity contribution is -0.137. The number of hydrogen-bond acceptors (Lipinski definition) is 6. The topological polar surface area (TPSA) is 87.2 Å². The van der Waals surface area contributed by atoms with E-state index in [0.29, 0.717) is 30.0 Å². The van der Waals surface area contributed by atoms with E-state index in [1.807, 2.05) is 13.8 Å². The average Bonchev–Trinajstić information content (AvgIpc) is 2.76. The molecule has 0 aliphatic rings. The fourth-order valence-corrected chi connectivity index (χ4v) is 4.17. The van der Waals surface area contributed by atoms with Crippen molar-refractivity contribution in [3.63, 3.8) is 0 Å². The summed E-state index contributed by atoms with van der Waals surface area (Å²) in [7, 11) is -3.65. The number of anilines is 2. The van der Waals surface area contributed by atoms with Crippen LogP contribution in [0.15, 0.2) is 53.7 Å². The first-order chi connectivity index (χ1) is 15.1. The van der Waals surface area contributed by atoms with Crippen LogP contribution in [-0.4, -0.2) is 49.5 Å². The monoisotopic (exact) mass is 467 g/mol. The molecule has 2 N–H and O–H groups in total. The molecule has 0 saturated heterocycles. The molecule has 1 heterocycles. The Labute approximate surface area is 184 Å². The van der Waals surface area contributed by atoms with E-state index in [4.69, 9.17) is 0 Å². The van der Waals surface area contributed by atoms with Crippen LogP contribution >= 0.6 is 0 Å². The van der Waals surface area contributed by atoms with Gasteiger partial charge in [0.15, 0.2) is 0 Å². The molecule has 0 radical (unpaired) electrons. The molecule has 0 amide bonds. The highest BCUT2D eigenvalue weighted by Gasteiger charge is 2.30. The lowest BCUT2D eigenvalue weighted by Crippen LogP contribution is -2.34. The smallest absolute Gasteiger partial charge is 0.340 e. The molecular formula is C21H24F3N5O2S. The maximum absolute atomic E-state index is 12.9. The summed E-state index contributed by atoms with van der Waals surface area (Å²) in [6.07, 6.45) is -3.29. The summed E-state index contributed by atoms with van der Waals surface area (Å²) < 4.78 is 66.4. The first-order valence-electron chi connectivity index (χ1n) is 10.0. The number of fused-ring (bicyclic) bond motifs is 1. The molecule has 0 bridgehead atoms. The SMILES string of the molecule is CCN(CC)CCNS(=O)(=O)c1ccc(Nc2ncnc3cc(C(F)(F)F)ccc23)cc1. The van der Waals surface area contributed by atoms with Gasteiger partial charge in [-0.2, -0.15) is 13.2 Å². The van der Waals surface area contributed by atoms with Crippen molar-refractivity contribution in [3.8, 4) is 0 Å². The molecule has 1 aromatic heterocycles. The highest BCUT2D eigenvalue weighted by molar-refractivity contribution is 7.89. The van der Waals surface area contributed by atoms with E-state index in [0.717, 1.165) is 25.2 Å². The Kier molecular flexibility index (Phi) is 7.32. The van der Waals surface area contributed by atoms with Gasteiger partial charge in [-0.3, -0.25) is 0 Å². The fourth-order valence-electron chi connectivity index (χ4n) is 3.15. The maximum Gasteiger partial charge on any atom is 0.416 e. The number of aromatic nitrogens is 2. The molecule has 11 heteroatoms. The van der Waals surface area contributed by atoms with Crippen molar-refractivity contribution in [2.45, 2.75) is 24.9 Å². The number of nitrogens with one attached hydrogen (secondary N) is 2. The Morgan fingerprint density at radius 3 is 2.31 bits per heavy atom. The molecule has 0 aliphatic carbocycles.